The van der Waals surface area contributed by atoms with Crippen molar-refractivity contribution in [2.45, 2.75) is 19.4 Å². The van der Waals surface area contributed by atoms with E-state index in [4.69, 9.17) is 0 Å². The molecule has 0 atom stereocenters. The monoisotopic (exact) mass is 324 g/mol. The summed E-state index contributed by atoms with van der Waals surface area (Å²) in [6.45, 7) is 0.454. The molecule has 0 spiro atoms. The van der Waals surface area contributed by atoms with Gasteiger partial charge in [0.05, 0.1) is 23.6 Å². The van der Waals surface area contributed by atoms with Gasteiger partial charge >= 0.3 is 0 Å². The molecule has 0 saturated carbocycles. The van der Waals surface area contributed by atoms with Crippen molar-refractivity contribution < 1.29 is 4.79 Å². The molecule has 0 radical (unpaired) electrons. The van der Waals surface area contributed by atoms with E-state index >= 15 is 0 Å². The van der Waals surface area contributed by atoms with Crippen molar-refractivity contribution in [3.05, 3.63) is 65.6 Å². The van der Waals surface area contributed by atoms with Gasteiger partial charge in [0.15, 0.2) is 0 Å². The molecule has 0 aliphatic carbocycles. The third kappa shape index (κ3) is 4.43. The molecule has 0 unspecified atom stereocenters. The minimum absolute atomic E-state index is 0.00281. The standard InChI is InChI=1S/C17H16N4OS/c22-16(20-11-13-5-1-3-9-18-13)8-7-14-12-23-17(21-14)15-6-2-4-10-19-15/h1-6,9-10,12H,7-8,11H2,(H,20,22). The van der Waals surface area contributed by atoms with Crippen molar-refractivity contribution in [1.82, 2.24) is 20.3 Å². The van der Waals surface area contributed by atoms with E-state index in [1.54, 1.807) is 23.7 Å². The zero-order chi connectivity index (χ0) is 15.9. The summed E-state index contributed by atoms with van der Waals surface area (Å²) in [5.74, 6) is 0.00281. The SMILES string of the molecule is O=C(CCc1csc(-c2ccccn2)n1)NCc1ccccn1. The lowest BCUT2D eigenvalue weighted by molar-refractivity contribution is -0.121. The number of nitrogens with zero attached hydrogens (tertiary/aromatic N) is 3. The van der Waals surface area contributed by atoms with E-state index in [1.165, 1.54) is 0 Å². The number of pyridine rings is 2. The molecule has 3 rings (SSSR count). The van der Waals surface area contributed by atoms with Crippen LogP contribution in [0.4, 0.5) is 0 Å². The number of carbonyl (C=O) groups is 1. The van der Waals surface area contributed by atoms with Crippen molar-refractivity contribution in [1.29, 1.82) is 0 Å². The van der Waals surface area contributed by atoms with Crippen LogP contribution in [0.3, 0.4) is 0 Å². The number of amides is 1. The molecule has 1 N–H and O–H groups in total. The van der Waals surface area contributed by atoms with Gasteiger partial charge in [-0.2, -0.15) is 0 Å². The predicted molar refractivity (Wildman–Crippen MR) is 89.7 cm³/mol. The van der Waals surface area contributed by atoms with Crippen molar-refractivity contribution in [2.75, 3.05) is 0 Å². The maximum Gasteiger partial charge on any atom is 0.220 e. The van der Waals surface area contributed by atoms with E-state index in [2.05, 4.69) is 20.3 Å². The molecule has 116 valence electrons. The Hall–Kier alpha value is -2.60. The summed E-state index contributed by atoms with van der Waals surface area (Å²) in [6, 6.07) is 11.4. The first-order chi connectivity index (χ1) is 11.3. The van der Waals surface area contributed by atoms with Gasteiger partial charge in [0, 0.05) is 24.2 Å². The Kier molecular flexibility index (Phi) is 5.06. The number of hydrogen-bond donors (Lipinski definition) is 1. The van der Waals surface area contributed by atoms with Gasteiger partial charge in [-0.3, -0.25) is 14.8 Å². The third-order valence-corrected chi connectivity index (χ3v) is 4.15. The minimum Gasteiger partial charge on any atom is -0.350 e. The molecule has 5 nitrogen and oxygen atoms in total. The summed E-state index contributed by atoms with van der Waals surface area (Å²) in [7, 11) is 0. The van der Waals surface area contributed by atoms with E-state index < -0.39 is 0 Å². The van der Waals surface area contributed by atoms with Crippen LogP contribution in [-0.2, 0) is 17.8 Å². The normalized spacial score (nSPS) is 10.4. The van der Waals surface area contributed by atoms with Gasteiger partial charge in [0.25, 0.3) is 0 Å². The first-order valence-corrected chi connectivity index (χ1v) is 8.21. The fourth-order valence-corrected chi connectivity index (χ4v) is 2.88. The molecule has 3 aromatic heterocycles. The Morgan fingerprint density at radius 1 is 1.04 bits per heavy atom. The topological polar surface area (TPSA) is 67.8 Å². The molecule has 0 fully saturated rings. The smallest absolute Gasteiger partial charge is 0.220 e. The van der Waals surface area contributed by atoms with Crippen LogP contribution in [0.5, 0.6) is 0 Å². The van der Waals surface area contributed by atoms with Gasteiger partial charge in [-0.25, -0.2) is 4.98 Å². The quantitative estimate of drug-likeness (QED) is 0.757. The van der Waals surface area contributed by atoms with E-state index in [1.807, 2.05) is 41.8 Å². The van der Waals surface area contributed by atoms with Gasteiger partial charge in [-0.15, -0.1) is 11.3 Å². The summed E-state index contributed by atoms with van der Waals surface area (Å²) in [5, 5.41) is 5.74. The highest BCUT2D eigenvalue weighted by Crippen LogP contribution is 2.21. The number of nitrogens with one attached hydrogen (secondary N) is 1. The second-order valence-corrected chi connectivity index (χ2v) is 5.81. The summed E-state index contributed by atoms with van der Waals surface area (Å²) in [5.41, 5.74) is 2.64. The summed E-state index contributed by atoms with van der Waals surface area (Å²) in [6.07, 6.45) is 4.51. The second-order valence-electron chi connectivity index (χ2n) is 4.96. The van der Waals surface area contributed by atoms with E-state index in [9.17, 15) is 4.79 Å². The zero-order valence-corrected chi connectivity index (χ0v) is 13.3. The first-order valence-electron chi connectivity index (χ1n) is 7.34. The fraction of sp³-hybridized carbons (Fsp3) is 0.176. The van der Waals surface area contributed by atoms with Crippen LogP contribution in [0, 0.1) is 0 Å². The lowest BCUT2D eigenvalue weighted by Crippen LogP contribution is -2.23. The Bertz CT molecular complexity index is 759. The van der Waals surface area contributed by atoms with Gasteiger partial charge in [-0.1, -0.05) is 12.1 Å². The summed E-state index contributed by atoms with van der Waals surface area (Å²) >= 11 is 1.55. The number of rotatable bonds is 6. The third-order valence-electron chi connectivity index (χ3n) is 3.24. The van der Waals surface area contributed by atoms with Gasteiger partial charge in [0.1, 0.15) is 5.01 Å². The molecule has 23 heavy (non-hydrogen) atoms. The highest BCUT2D eigenvalue weighted by molar-refractivity contribution is 7.13. The summed E-state index contributed by atoms with van der Waals surface area (Å²) in [4.78, 5) is 24.9. The largest absolute Gasteiger partial charge is 0.350 e. The molecule has 1 amide bonds. The lowest BCUT2D eigenvalue weighted by atomic mass is 10.2. The van der Waals surface area contributed by atoms with Gasteiger partial charge in [-0.05, 0) is 30.7 Å². The highest BCUT2D eigenvalue weighted by atomic mass is 32.1. The van der Waals surface area contributed by atoms with Gasteiger partial charge in [0.2, 0.25) is 5.91 Å². The Morgan fingerprint density at radius 2 is 1.87 bits per heavy atom. The predicted octanol–water partition coefficient (Wildman–Crippen LogP) is 2.85. The minimum atomic E-state index is 0.00281. The molecular weight excluding hydrogens is 308 g/mol. The molecule has 0 aromatic carbocycles. The average Bonchev–Trinajstić information content (AvgIpc) is 3.09. The molecule has 3 aromatic rings. The number of aryl methyl sites for hydroxylation is 1. The molecule has 0 aliphatic heterocycles. The molecular formula is C17H16N4OS. The van der Waals surface area contributed by atoms with E-state index in [0.717, 1.165) is 22.1 Å². The number of aromatic nitrogens is 3. The zero-order valence-electron chi connectivity index (χ0n) is 12.5. The second kappa shape index (κ2) is 7.60. The van der Waals surface area contributed by atoms with Crippen molar-refractivity contribution in [2.24, 2.45) is 0 Å². The Morgan fingerprint density at radius 3 is 2.61 bits per heavy atom. The molecule has 0 saturated heterocycles. The van der Waals surface area contributed by atoms with Crippen LogP contribution in [0.1, 0.15) is 17.8 Å². The van der Waals surface area contributed by atoms with Crippen molar-refractivity contribution in [3.63, 3.8) is 0 Å². The molecule has 0 aliphatic rings. The molecule has 3 heterocycles. The fourth-order valence-electron chi connectivity index (χ4n) is 2.05. The van der Waals surface area contributed by atoms with Crippen LogP contribution in [0.2, 0.25) is 0 Å². The van der Waals surface area contributed by atoms with Gasteiger partial charge < -0.3 is 5.32 Å². The molecule has 6 heteroatoms. The number of carbonyl (C=O) groups excluding carboxylic acids is 1. The Balaban J connectivity index is 1.49. The number of hydrogen-bond acceptors (Lipinski definition) is 5. The van der Waals surface area contributed by atoms with Crippen LogP contribution in [0.15, 0.2) is 54.2 Å². The van der Waals surface area contributed by atoms with E-state index in [-0.39, 0.29) is 5.91 Å². The first kappa shape index (κ1) is 15.3. The van der Waals surface area contributed by atoms with E-state index in [0.29, 0.717) is 19.4 Å². The lowest BCUT2D eigenvalue weighted by Gasteiger charge is -2.03. The highest BCUT2D eigenvalue weighted by Gasteiger charge is 2.08. The number of thiazole rings is 1. The van der Waals surface area contributed by atoms with Crippen LogP contribution in [0.25, 0.3) is 10.7 Å². The van der Waals surface area contributed by atoms with Crippen molar-refractivity contribution >= 4 is 17.2 Å². The Labute approximate surface area is 138 Å². The maximum atomic E-state index is 11.9. The van der Waals surface area contributed by atoms with Crippen molar-refractivity contribution in [3.8, 4) is 10.7 Å². The molecule has 0 bridgehead atoms. The van der Waals surface area contributed by atoms with Crippen LogP contribution < -0.4 is 5.32 Å². The van der Waals surface area contributed by atoms with Crippen LogP contribution in [-0.4, -0.2) is 20.9 Å². The summed E-state index contributed by atoms with van der Waals surface area (Å²) < 4.78 is 0. The average molecular weight is 324 g/mol. The van der Waals surface area contributed by atoms with Crippen LogP contribution >= 0.6 is 11.3 Å². The maximum absolute atomic E-state index is 11.9.